The van der Waals surface area contributed by atoms with Gasteiger partial charge >= 0.3 is 0 Å². The van der Waals surface area contributed by atoms with E-state index in [0.29, 0.717) is 0 Å². The summed E-state index contributed by atoms with van der Waals surface area (Å²) in [6.45, 7) is 6.84. The molecule has 0 bridgehead atoms. The largest absolute Gasteiger partial charge is 0.350 e. The molecule has 41 heavy (non-hydrogen) atoms. The van der Waals surface area contributed by atoms with Crippen LogP contribution in [0.2, 0.25) is 0 Å². The van der Waals surface area contributed by atoms with Crippen LogP contribution in [0.4, 0.5) is 11.4 Å². The minimum atomic E-state index is -4.04. The Kier molecular flexibility index (Phi) is 9.88. The Balaban J connectivity index is 2.09. The Morgan fingerprint density at radius 3 is 2.15 bits per heavy atom. The van der Waals surface area contributed by atoms with Crippen molar-refractivity contribution in [1.29, 1.82) is 0 Å². The molecule has 0 aliphatic carbocycles. The lowest BCUT2D eigenvalue weighted by molar-refractivity contribution is -0.384. The van der Waals surface area contributed by atoms with E-state index in [4.69, 9.17) is 0 Å². The van der Waals surface area contributed by atoms with E-state index in [9.17, 15) is 28.1 Å². The highest BCUT2D eigenvalue weighted by Crippen LogP contribution is 2.24. The molecular weight excluding hydrogens is 544 g/mol. The third-order valence-corrected chi connectivity index (χ3v) is 7.39. The van der Waals surface area contributed by atoms with Crippen LogP contribution in [0.3, 0.4) is 0 Å². The minimum absolute atomic E-state index is 0.0240. The zero-order valence-corrected chi connectivity index (χ0v) is 24.7. The average molecular weight is 581 g/mol. The molecule has 0 fully saturated rings. The maximum absolute atomic E-state index is 14.1. The van der Waals surface area contributed by atoms with Crippen LogP contribution in [0.5, 0.6) is 0 Å². The monoisotopic (exact) mass is 580 g/mol. The van der Waals surface area contributed by atoms with Crippen LogP contribution in [-0.4, -0.2) is 54.4 Å². The number of hydrogen-bond acceptors (Lipinski definition) is 6. The topological polar surface area (TPSA) is 130 Å². The SMILES string of the molecule is Cc1ccc(CN(C(=O)CN(c2cccc([N+](=O)[O-])c2)S(C)(=O)=O)C(Cc2ccccc2)C(=O)NC(C)(C)C)cc1. The van der Waals surface area contributed by atoms with Crippen molar-refractivity contribution in [3.8, 4) is 0 Å². The number of nitro groups is 1. The van der Waals surface area contributed by atoms with Crippen LogP contribution in [-0.2, 0) is 32.6 Å². The van der Waals surface area contributed by atoms with Crippen molar-refractivity contribution >= 4 is 33.2 Å². The van der Waals surface area contributed by atoms with Gasteiger partial charge in [-0.2, -0.15) is 0 Å². The maximum Gasteiger partial charge on any atom is 0.271 e. The highest BCUT2D eigenvalue weighted by atomic mass is 32.2. The van der Waals surface area contributed by atoms with Gasteiger partial charge in [-0.1, -0.05) is 66.2 Å². The number of sulfonamides is 1. The molecule has 0 aliphatic rings. The van der Waals surface area contributed by atoms with Crippen molar-refractivity contribution in [3.05, 3.63) is 106 Å². The summed E-state index contributed by atoms with van der Waals surface area (Å²) < 4.78 is 26.5. The van der Waals surface area contributed by atoms with Gasteiger partial charge in [-0.15, -0.1) is 0 Å². The van der Waals surface area contributed by atoms with Crippen molar-refractivity contribution in [1.82, 2.24) is 10.2 Å². The molecule has 3 rings (SSSR count). The van der Waals surface area contributed by atoms with Crippen LogP contribution in [0.1, 0.15) is 37.5 Å². The number of non-ortho nitro benzene ring substituents is 1. The molecule has 3 aromatic carbocycles. The second-order valence-electron chi connectivity index (χ2n) is 11.0. The van der Waals surface area contributed by atoms with Crippen LogP contribution in [0.15, 0.2) is 78.9 Å². The number of carbonyl (C=O) groups excluding carboxylic acids is 2. The summed E-state index contributed by atoms with van der Waals surface area (Å²) >= 11 is 0. The van der Waals surface area contributed by atoms with Crippen molar-refractivity contribution in [3.63, 3.8) is 0 Å². The molecule has 2 amide bonds. The van der Waals surface area contributed by atoms with Gasteiger partial charge < -0.3 is 10.2 Å². The van der Waals surface area contributed by atoms with Gasteiger partial charge in [0.15, 0.2) is 0 Å². The number of nitrogens with one attached hydrogen (secondary N) is 1. The molecule has 3 aromatic rings. The fraction of sp³-hybridized carbons (Fsp3) is 0.333. The molecule has 1 unspecified atom stereocenters. The Labute approximate surface area is 241 Å². The zero-order chi connectivity index (χ0) is 30.4. The number of anilines is 1. The van der Waals surface area contributed by atoms with Gasteiger partial charge in [0, 0.05) is 30.6 Å². The normalized spacial score (nSPS) is 12.3. The molecule has 11 heteroatoms. The molecule has 0 aliphatic heterocycles. The number of hydrogen-bond donors (Lipinski definition) is 1. The fourth-order valence-electron chi connectivity index (χ4n) is 4.27. The Hall–Kier alpha value is -4.25. The molecule has 0 spiro atoms. The van der Waals surface area contributed by atoms with Crippen molar-refractivity contribution in [2.75, 3.05) is 17.1 Å². The fourth-order valence-corrected chi connectivity index (χ4v) is 5.11. The Morgan fingerprint density at radius 2 is 1.59 bits per heavy atom. The first kappa shape index (κ1) is 31.3. The summed E-state index contributed by atoms with van der Waals surface area (Å²) in [7, 11) is -4.04. The van der Waals surface area contributed by atoms with Gasteiger partial charge in [0.1, 0.15) is 12.6 Å². The van der Waals surface area contributed by atoms with Crippen molar-refractivity contribution < 1.29 is 22.9 Å². The average Bonchev–Trinajstić information content (AvgIpc) is 2.89. The van der Waals surface area contributed by atoms with Gasteiger partial charge in [0.2, 0.25) is 21.8 Å². The lowest BCUT2D eigenvalue weighted by Crippen LogP contribution is -2.56. The third-order valence-electron chi connectivity index (χ3n) is 6.25. The van der Waals surface area contributed by atoms with E-state index < -0.39 is 39.0 Å². The predicted octanol–water partition coefficient (Wildman–Crippen LogP) is 4.22. The Morgan fingerprint density at radius 1 is 0.951 bits per heavy atom. The Bertz CT molecular complexity index is 1490. The molecular formula is C30H36N4O6S. The lowest BCUT2D eigenvalue weighted by atomic mass is 10.0. The molecule has 218 valence electrons. The summed E-state index contributed by atoms with van der Waals surface area (Å²) in [4.78, 5) is 39.9. The first-order chi connectivity index (χ1) is 19.1. The lowest BCUT2D eigenvalue weighted by Gasteiger charge is -2.35. The van der Waals surface area contributed by atoms with Crippen molar-refractivity contribution in [2.45, 2.75) is 52.2 Å². The number of nitrogens with zero attached hydrogens (tertiary/aromatic N) is 3. The van der Waals surface area contributed by atoms with E-state index in [1.165, 1.54) is 23.1 Å². The highest BCUT2D eigenvalue weighted by Gasteiger charge is 2.34. The molecule has 0 radical (unpaired) electrons. The molecule has 0 saturated heterocycles. The highest BCUT2D eigenvalue weighted by molar-refractivity contribution is 7.92. The van der Waals surface area contributed by atoms with Gasteiger partial charge in [-0.25, -0.2) is 8.42 Å². The predicted molar refractivity (Wildman–Crippen MR) is 159 cm³/mol. The van der Waals surface area contributed by atoms with Gasteiger partial charge in [0.25, 0.3) is 5.69 Å². The van der Waals surface area contributed by atoms with Gasteiger partial charge in [0.05, 0.1) is 16.9 Å². The quantitative estimate of drug-likeness (QED) is 0.267. The van der Waals surface area contributed by atoms with Crippen LogP contribution in [0, 0.1) is 17.0 Å². The summed E-state index contributed by atoms with van der Waals surface area (Å²) in [5.74, 6) is -1.02. The van der Waals surface area contributed by atoms with E-state index in [1.807, 2.05) is 82.3 Å². The number of rotatable bonds is 11. The first-order valence-electron chi connectivity index (χ1n) is 13.1. The summed E-state index contributed by atoms with van der Waals surface area (Å²) in [5.41, 5.74) is 1.67. The maximum atomic E-state index is 14.1. The summed E-state index contributed by atoms with van der Waals surface area (Å²) in [6.07, 6.45) is 1.12. The third kappa shape index (κ3) is 9.14. The number of aryl methyl sites for hydroxylation is 1. The molecule has 0 heterocycles. The molecule has 0 aromatic heterocycles. The zero-order valence-electron chi connectivity index (χ0n) is 23.9. The number of benzene rings is 3. The van der Waals surface area contributed by atoms with E-state index in [2.05, 4.69) is 5.32 Å². The summed E-state index contributed by atoms with van der Waals surface area (Å²) in [6, 6.07) is 20.9. The van der Waals surface area contributed by atoms with E-state index >= 15 is 0 Å². The number of carbonyl (C=O) groups is 2. The van der Waals surface area contributed by atoms with E-state index in [1.54, 1.807) is 0 Å². The standard InChI is InChI=1S/C30H36N4O6S/c1-22-14-16-24(17-15-22)20-32(27(29(36)31-30(2,3)4)18-23-10-7-6-8-11-23)28(35)21-33(41(5,39)40)25-12-9-13-26(19-25)34(37)38/h6-17,19,27H,18,20-21H2,1-5H3,(H,31,36). The van der Waals surface area contributed by atoms with Gasteiger partial charge in [-0.3, -0.25) is 24.0 Å². The van der Waals surface area contributed by atoms with Crippen LogP contribution in [0.25, 0.3) is 0 Å². The molecule has 1 N–H and O–H groups in total. The smallest absolute Gasteiger partial charge is 0.271 e. The van der Waals surface area contributed by atoms with Gasteiger partial charge in [-0.05, 0) is 44.9 Å². The van der Waals surface area contributed by atoms with Crippen LogP contribution >= 0.6 is 0 Å². The molecule has 10 nitrogen and oxygen atoms in total. The number of nitro benzene ring substituents is 1. The summed E-state index contributed by atoms with van der Waals surface area (Å²) in [5, 5.41) is 14.3. The molecule has 1 atom stereocenters. The van der Waals surface area contributed by atoms with Crippen LogP contribution < -0.4 is 9.62 Å². The first-order valence-corrected chi connectivity index (χ1v) is 14.9. The van der Waals surface area contributed by atoms with Crippen molar-refractivity contribution in [2.24, 2.45) is 0 Å². The second kappa shape index (κ2) is 12.9. The minimum Gasteiger partial charge on any atom is -0.350 e. The number of amides is 2. The van der Waals surface area contributed by atoms with E-state index in [0.717, 1.165) is 33.3 Å². The second-order valence-corrected chi connectivity index (χ2v) is 12.9. The molecule has 0 saturated carbocycles. The van der Waals surface area contributed by atoms with E-state index in [-0.39, 0.29) is 30.2 Å².